The van der Waals surface area contributed by atoms with E-state index < -0.39 is 5.97 Å². The monoisotopic (exact) mass is 318 g/mol. The molecule has 120 valence electrons. The number of ether oxygens (including phenoxy) is 2. The van der Waals surface area contributed by atoms with Crippen LogP contribution in [0.25, 0.3) is 0 Å². The van der Waals surface area contributed by atoms with Crippen LogP contribution in [0.5, 0.6) is 11.5 Å². The molecule has 0 spiro atoms. The molecule has 0 aromatic heterocycles. The van der Waals surface area contributed by atoms with Gasteiger partial charge in [0.05, 0.1) is 12.2 Å². The fraction of sp³-hybridized carbons (Fsp3) is 0.0952. The molecule has 3 rings (SSSR count). The van der Waals surface area contributed by atoms with Crippen LogP contribution in [-0.2, 0) is 6.42 Å². The lowest BCUT2D eigenvalue weighted by Crippen LogP contribution is -2.10. The Labute approximate surface area is 141 Å². The second-order valence-corrected chi connectivity index (χ2v) is 5.29. The van der Waals surface area contributed by atoms with Crippen LogP contribution in [0, 0.1) is 0 Å². The number of benzene rings is 3. The number of hydrogen-bond acceptors (Lipinski definition) is 3. The average molecular weight is 318 g/mol. The van der Waals surface area contributed by atoms with E-state index in [9.17, 15) is 4.79 Å². The van der Waals surface area contributed by atoms with Gasteiger partial charge in [-0.25, -0.2) is 4.79 Å². The molecule has 3 heteroatoms. The van der Waals surface area contributed by atoms with Gasteiger partial charge in [0.15, 0.2) is 11.5 Å². The van der Waals surface area contributed by atoms with Crippen molar-refractivity contribution in [3.8, 4) is 11.5 Å². The first kappa shape index (κ1) is 15.8. The average Bonchev–Trinajstić information content (AvgIpc) is 2.65. The molecule has 0 radical (unpaired) electrons. The second-order valence-electron chi connectivity index (χ2n) is 5.29. The van der Waals surface area contributed by atoms with Crippen LogP contribution in [0.1, 0.15) is 15.9 Å². The van der Waals surface area contributed by atoms with E-state index >= 15 is 0 Å². The molecule has 0 fully saturated rings. The minimum atomic E-state index is -0.394. The summed E-state index contributed by atoms with van der Waals surface area (Å²) in [6.07, 6.45) is 0.793. The molecular weight excluding hydrogens is 300 g/mol. The van der Waals surface area contributed by atoms with Gasteiger partial charge in [0.1, 0.15) is 0 Å². The fourth-order valence-corrected chi connectivity index (χ4v) is 2.31. The molecule has 0 aliphatic rings. The van der Waals surface area contributed by atoms with Crippen LogP contribution in [0.15, 0.2) is 84.9 Å². The summed E-state index contributed by atoms with van der Waals surface area (Å²) in [5.41, 5.74) is 1.72. The van der Waals surface area contributed by atoms with Crippen molar-refractivity contribution in [3.63, 3.8) is 0 Å². The van der Waals surface area contributed by atoms with E-state index in [4.69, 9.17) is 9.47 Å². The summed E-state index contributed by atoms with van der Waals surface area (Å²) in [4.78, 5) is 12.2. The maximum atomic E-state index is 12.2. The summed E-state index contributed by atoms with van der Waals surface area (Å²) in [6.45, 7) is 0.518. The lowest BCUT2D eigenvalue weighted by atomic mass is 10.2. The third-order valence-corrected chi connectivity index (χ3v) is 3.55. The summed E-state index contributed by atoms with van der Waals surface area (Å²) in [5, 5.41) is 0. The van der Waals surface area contributed by atoms with Gasteiger partial charge in [0.25, 0.3) is 0 Å². The van der Waals surface area contributed by atoms with E-state index in [2.05, 4.69) is 12.1 Å². The fourth-order valence-electron chi connectivity index (χ4n) is 2.31. The zero-order chi connectivity index (χ0) is 16.6. The summed E-state index contributed by atoms with van der Waals surface area (Å²) in [5.74, 6) is 0.604. The van der Waals surface area contributed by atoms with Gasteiger partial charge >= 0.3 is 5.97 Å². The van der Waals surface area contributed by atoms with E-state index in [1.165, 1.54) is 5.56 Å². The van der Waals surface area contributed by atoms with Crippen LogP contribution in [0.3, 0.4) is 0 Å². The maximum Gasteiger partial charge on any atom is 0.343 e. The molecule has 0 heterocycles. The topological polar surface area (TPSA) is 35.5 Å². The first-order valence-corrected chi connectivity index (χ1v) is 7.86. The lowest BCUT2D eigenvalue weighted by molar-refractivity contribution is 0.0728. The van der Waals surface area contributed by atoms with Gasteiger partial charge in [-0.05, 0) is 29.8 Å². The number of carbonyl (C=O) groups excluding carboxylic acids is 1. The van der Waals surface area contributed by atoms with Crippen LogP contribution < -0.4 is 9.47 Å². The molecular formula is C21H18O3. The number of hydrogen-bond donors (Lipinski definition) is 0. The Morgan fingerprint density at radius 1 is 0.708 bits per heavy atom. The molecule has 0 aliphatic heterocycles. The highest BCUT2D eigenvalue weighted by Crippen LogP contribution is 2.27. The Morgan fingerprint density at radius 2 is 1.29 bits per heavy atom. The highest BCUT2D eigenvalue weighted by atomic mass is 16.6. The molecule has 0 saturated carbocycles. The first-order valence-electron chi connectivity index (χ1n) is 7.86. The van der Waals surface area contributed by atoms with Crippen molar-refractivity contribution in [3.05, 3.63) is 96.1 Å². The van der Waals surface area contributed by atoms with Crippen molar-refractivity contribution in [2.24, 2.45) is 0 Å². The number of rotatable bonds is 6. The highest BCUT2D eigenvalue weighted by molar-refractivity contribution is 5.91. The Bertz CT molecular complexity index is 782. The van der Waals surface area contributed by atoms with Gasteiger partial charge in [0.2, 0.25) is 0 Å². The zero-order valence-electron chi connectivity index (χ0n) is 13.2. The Morgan fingerprint density at radius 3 is 2.00 bits per heavy atom. The zero-order valence-corrected chi connectivity index (χ0v) is 13.2. The van der Waals surface area contributed by atoms with Gasteiger partial charge in [-0.3, -0.25) is 0 Å². The molecule has 24 heavy (non-hydrogen) atoms. The largest absolute Gasteiger partial charge is 0.489 e. The molecule has 0 N–H and O–H groups in total. The van der Waals surface area contributed by atoms with Crippen molar-refractivity contribution < 1.29 is 14.3 Å². The summed E-state index contributed by atoms with van der Waals surface area (Å²) < 4.78 is 11.3. The molecule has 3 aromatic carbocycles. The van der Waals surface area contributed by atoms with E-state index in [0.717, 1.165) is 6.42 Å². The van der Waals surface area contributed by atoms with E-state index in [1.54, 1.807) is 36.4 Å². The van der Waals surface area contributed by atoms with Crippen molar-refractivity contribution in [1.82, 2.24) is 0 Å². The number of esters is 1. The van der Waals surface area contributed by atoms with E-state index in [0.29, 0.717) is 23.7 Å². The molecule has 0 atom stereocenters. The second kappa shape index (κ2) is 7.97. The normalized spacial score (nSPS) is 10.2. The van der Waals surface area contributed by atoms with Crippen LogP contribution in [0.4, 0.5) is 0 Å². The predicted molar refractivity (Wildman–Crippen MR) is 93.5 cm³/mol. The highest BCUT2D eigenvalue weighted by Gasteiger charge is 2.11. The summed E-state index contributed by atoms with van der Waals surface area (Å²) >= 11 is 0. The van der Waals surface area contributed by atoms with E-state index in [-0.39, 0.29) is 0 Å². The summed E-state index contributed by atoms with van der Waals surface area (Å²) in [6, 6.07) is 26.2. The van der Waals surface area contributed by atoms with Crippen LogP contribution in [-0.4, -0.2) is 12.6 Å². The molecule has 0 unspecified atom stereocenters. The lowest BCUT2D eigenvalue weighted by Gasteiger charge is -2.11. The van der Waals surface area contributed by atoms with Crippen molar-refractivity contribution >= 4 is 5.97 Å². The Hall–Kier alpha value is -3.07. The van der Waals surface area contributed by atoms with Crippen molar-refractivity contribution in [2.75, 3.05) is 6.61 Å². The third-order valence-electron chi connectivity index (χ3n) is 3.55. The maximum absolute atomic E-state index is 12.2. The number of carbonyl (C=O) groups is 1. The smallest absolute Gasteiger partial charge is 0.343 e. The number of para-hydroxylation sites is 2. The van der Waals surface area contributed by atoms with Gasteiger partial charge in [0, 0.05) is 6.42 Å². The van der Waals surface area contributed by atoms with Gasteiger partial charge in [-0.15, -0.1) is 0 Å². The van der Waals surface area contributed by atoms with Crippen molar-refractivity contribution in [2.45, 2.75) is 6.42 Å². The molecule has 0 amide bonds. The standard InChI is InChI=1S/C21H18O3/c22-21(18-11-5-2-6-12-18)24-20-14-8-7-13-19(20)23-16-15-17-9-3-1-4-10-17/h1-14H,15-16H2. The van der Waals surface area contributed by atoms with Crippen LogP contribution in [0.2, 0.25) is 0 Å². The van der Waals surface area contributed by atoms with Gasteiger partial charge in [-0.1, -0.05) is 60.7 Å². The quantitative estimate of drug-likeness (QED) is 0.495. The predicted octanol–water partition coefficient (Wildman–Crippen LogP) is 4.53. The minimum Gasteiger partial charge on any atom is -0.489 e. The minimum absolute atomic E-state index is 0.394. The molecule has 0 aliphatic carbocycles. The Balaban J connectivity index is 1.63. The summed E-state index contributed by atoms with van der Waals surface area (Å²) in [7, 11) is 0. The Kier molecular flexibility index (Phi) is 5.25. The SMILES string of the molecule is O=C(Oc1ccccc1OCCc1ccccc1)c1ccccc1. The molecule has 3 aromatic rings. The first-order chi connectivity index (χ1) is 11.8. The van der Waals surface area contributed by atoms with Gasteiger partial charge in [-0.2, -0.15) is 0 Å². The van der Waals surface area contributed by atoms with E-state index in [1.807, 2.05) is 36.4 Å². The van der Waals surface area contributed by atoms with Crippen molar-refractivity contribution in [1.29, 1.82) is 0 Å². The molecule has 3 nitrogen and oxygen atoms in total. The third kappa shape index (κ3) is 4.23. The molecule has 0 bridgehead atoms. The molecule has 0 saturated heterocycles. The van der Waals surface area contributed by atoms with Crippen LogP contribution >= 0.6 is 0 Å². The van der Waals surface area contributed by atoms with Gasteiger partial charge < -0.3 is 9.47 Å².